The summed E-state index contributed by atoms with van der Waals surface area (Å²) in [6.45, 7) is 4.16. The summed E-state index contributed by atoms with van der Waals surface area (Å²) >= 11 is 3.48. The molecule has 0 radical (unpaired) electrons. The minimum atomic E-state index is 0.0405. The highest BCUT2D eigenvalue weighted by Gasteiger charge is 2.21. The van der Waals surface area contributed by atoms with Crippen molar-refractivity contribution in [3.05, 3.63) is 33.8 Å². The average molecular weight is 324 g/mol. The molecular formula is C16H22BrNO. The van der Waals surface area contributed by atoms with Crippen molar-refractivity contribution in [3.8, 4) is 0 Å². The summed E-state index contributed by atoms with van der Waals surface area (Å²) in [4.78, 5) is 12.2. The van der Waals surface area contributed by atoms with Gasteiger partial charge in [0.05, 0.1) is 0 Å². The van der Waals surface area contributed by atoms with Gasteiger partial charge in [0.1, 0.15) is 0 Å². The second-order valence-corrected chi connectivity index (χ2v) is 6.48. The zero-order chi connectivity index (χ0) is 13.8. The summed E-state index contributed by atoms with van der Waals surface area (Å²) in [5.41, 5.74) is 1.89. The molecule has 0 saturated heterocycles. The quantitative estimate of drug-likeness (QED) is 0.874. The van der Waals surface area contributed by atoms with Crippen molar-refractivity contribution in [2.75, 3.05) is 0 Å². The van der Waals surface area contributed by atoms with Crippen molar-refractivity contribution in [3.63, 3.8) is 0 Å². The molecular weight excluding hydrogens is 302 g/mol. The molecule has 0 spiro atoms. The largest absolute Gasteiger partial charge is 0.349 e. The Kier molecular flexibility index (Phi) is 5.03. The van der Waals surface area contributed by atoms with E-state index >= 15 is 0 Å². The maximum atomic E-state index is 12.2. The van der Waals surface area contributed by atoms with Crippen molar-refractivity contribution in [2.24, 2.45) is 5.92 Å². The first-order valence-electron chi connectivity index (χ1n) is 7.15. The molecule has 1 atom stereocenters. The molecule has 104 valence electrons. The van der Waals surface area contributed by atoms with Crippen LogP contribution in [0, 0.1) is 12.8 Å². The second-order valence-electron chi connectivity index (χ2n) is 5.62. The van der Waals surface area contributed by atoms with Crippen LogP contribution in [0.3, 0.4) is 0 Å². The Morgan fingerprint density at radius 2 is 2.00 bits per heavy atom. The first-order valence-corrected chi connectivity index (χ1v) is 7.94. The van der Waals surface area contributed by atoms with Gasteiger partial charge in [-0.3, -0.25) is 4.79 Å². The van der Waals surface area contributed by atoms with Crippen LogP contribution in [-0.4, -0.2) is 11.9 Å². The number of carbonyl (C=O) groups is 1. The van der Waals surface area contributed by atoms with Crippen molar-refractivity contribution in [2.45, 2.75) is 52.0 Å². The van der Waals surface area contributed by atoms with Crippen LogP contribution in [0.1, 0.15) is 54.9 Å². The van der Waals surface area contributed by atoms with Gasteiger partial charge >= 0.3 is 0 Å². The minimum absolute atomic E-state index is 0.0405. The number of rotatable bonds is 3. The van der Waals surface area contributed by atoms with E-state index in [0.717, 1.165) is 15.6 Å². The zero-order valence-electron chi connectivity index (χ0n) is 11.7. The van der Waals surface area contributed by atoms with Gasteiger partial charge in [-0.2, -0.15) is 0 Å². The molecule has 1 aromatic carbocycles. The van der Waals surface area contributed by atoms with Gasteiger partial charge in [-0.05, 0) is 50.3 Å². The van der Waals surface area contributed by atoms with E-state index in [9.17, 15) is 4.79 Å². The van der Waals surface area contributed by atoms with E-state index in [1.165, 1.54) is 32.1 Å². The number of hydrogen-bond donors (Lipinski definition) is 1. The van der Waals surface area contributed by atoms with Crippen LogP contribution in [-0.2, 0) is 0 Å². The van der Waals surface area contributed by atoms with Crippen molar-refractivity contribution < 1.29 is 4.79 Å². The molecule has 0 aromatic heterocycles. The van der Waals surface area contributed by atoms with E-state index in [0.29, 0.717) is 5.92 Å². The van der Waals surface area contributed by atoms with Crippen molar-refractivity contribution in [1.82, 2.24) is 5.32 Å². The lowest BCUT2D eigenvalue weighted by molar-refractivity contribution is 0.0919. The first kappa shape index (κ1) is 14.6. The molecule has 1 aromatic rings. The van der Waals surface area contributed by atoms with Crippen LogP contribution >= 0.6 is 15.9 Å². The Labute approximate surface area is 124 Å². The minimum Gasteiger partial charge on any atom is -0.349 e. The molecule has 2 nitrogen and oxygen atoms in total. The molecule has 19 heavy (non-hydrogen) atoms. The number of aryl methyl sites for hydroxylation is 1. The number of halogens is 1. The maximum Gasteiger partial charge on any atom is 0.251 e. The summed E-state index contributed by atoms with van der Waals surface area (Å²) in [6, 6.07) is 6.04. The molecule has 1 unspecified atom stereocenters. The van der Waals surface area contributed by atoms with Crippen LogP contribution in [0.15, 0.2) is 22.7 Å². The van der Waals surface area contributed by atoms with E-state index in [1.54, 1.807) is 0 Å². The van der Waals surface area contributed by atoms with Gasteiger partial charge in [-0.25, -0.2) is 0 Å². The number of benzene rings is 1. The normalized spacial score (nSPS) is 18.1. The van der Waals surface area contributed by atoms with Crippen molar-refractivity contribution >= 4 is 21.8 Å². The third-order valence-electron chi connectivity index (χ3n) is 4.15. The number of carbonyl (C=O) groups excluding carboxylic acids is 1. The van der Waals surface area contributed by atoms with Crippen LogP contribution in [0.4, 0.5) is 0 Å². The fourth-order valence-corrected chi connectivity index (χ4v) is 3.16. The Bertz CT molecular complexity index is 452. The van der Waals surface area contributed by atoms with Gasteiger partial charge in [0.15, 0.2) is 0 Å². The molecule has 1 amide bonds. The first-order chi connectivity index (χ1) is 9.08. The molecule has 1 fully saturated rings. The van der Waals surface area contributed by atoms with Gasteiger partial charge < -0.3 is 5.32 Å². The van der Waals surface area contributed by atoms with E-state index in [2.05, 4.69) is 28.2 Å². The zero-order valence-corrected chi connectivity index (χ0v) is 13.3. The molecule has 0 aliphatic heterocycles. The molecule has 1 aliphatic rings. The van der Waals surface area contributed by atoms with Crippen molar-refractivity contribution in [1.29, 1.82) is 0 Å². The summed E-state index contributed by atoms with van der Waals surface area (Å²) in [6.07, 6.45) is 6.46. The Morgan fingerprint density at radius 1 is 1.32 bits per heavy atom. The fraction of sp³-hybridized carbons (Fsp3) is 0.562. The predicted molar refractivity (Wildman–Crippen MR) is 82.4 cm³/mol. The fourth-order valence-electron chi connectivity index (χ4n) is 2.78. The molecule has 1 N–H and O–H groups in total. The van der Waals surface area contributed by atoms with Crippen LogP contribution in [0.5, 0.6) is 0 Å². The molecule has 1 saturated carbocycles. The SMILES string of the molecule is Cc1ccc(C(=O)NC(C)C2CCCCC2)cc1Br. The lowest BCUT2D eigenvalue weighted by Crippen LogP contribution is -2.38. The van der Waals surface area contributed by atoms with E-state index in [-0.39, 0.29) is 11.9 Å². The molecule has 0 bridgehead atoms. The van der Waals surface area contributed by atoms with Gasteiger partial charge in [0.2, 0.25) is 0 Å². The smallest absolute Gasteiger partial charge is 0.251 e. The highest BCUT2D eigenvalue weighted by Crippen LogP contribution is 2.26. The molecule has 0 heterocycles. The number of nitrogens with one attached hydrogen (secondary N) is 1. The van der Waals surface area contributed by atoms with Gasteiger partial charge in [0, 0.05) is 16.1 Å². The van der Waals surface area contributed by atoms with Gasteiger partial charge in [0.25, 0.3) is 5.91 Å². The highest BCUT2D eigenvalue weighted by molar-refractivity contribution is 9.10. The monoisotopic (exact) mass is 323 g/mol. The summed E-state index contributed by atoms with van der Waals surface area (Å²) in [5, 5.41) is 3.15. The Morgan fingerprint density at radius 3 is 2.63 bits per heavy atom. The molecule has 2 rings (SSSR count). The Hall–Kier alpha value is -0.830. The topological polar surface area (TPSA) is 29.1 Å². The van der Waals surface area contributed by atoms with E-state index in [1.807, 2.05) is 25.1 Å². The lowest BCUT2D eigenvalue weighted by atomic mass is 9.84. The van der Waals surface area contributed by atoms with E-state index in [4.69, 9.17) is 0 Å². The standard InChI is InChI=1S/C16H22BrNO/c1-11-8-9-14(10-15(11)17)16(19)18-12(2)13-6-4-3-5-7-13/h8-10,12-13H,3-7H2,1-2H3,(H,18,19). The Balaban J connectivity index is 1.97. The third kappa shape index (κ3) is 3.82. The lowest BCUT2D eigenvalue weighted by Gasteiger charge is -2.28. The summed E-state index contributed by atoms with van der Waals surface area (Å²) in [7, 11) is 0. The number of hydrogen-bond acceptors (Lipinski definition) is 1. The van der Waals surface area contributed by atoms with Gasteiger partial charge in [-0.1, -0.05) is 41.3 Å². The van der Waals surface area contributed by atoms with Crippen LogP contribution in [0.2, 0.25) is 0 Å². The third-order valence-corrected chi connectivity index (χ3v) is 5.00. The average Bonchev–Trinajstić information content (AvgIpc) is 2.42. The predicted octanol–water partition coefficient (Wildman–Crippen LogP) is 4.46. The maximum absolute atomic E-state index is 12.2. The summed E-state index contributed by atoms with van der Waals surface area (Å²) in [5.74, 6) is 0.686. The molecule has 3 heteroatoms. The second kappa shape index (κ2) is 6.56. The van der Waals surface area contributed by atoms with Gasteiger partial charge in [-0.15, -0.1) is 0 Å². The van der Waals surface area contributed by atoms with E-state index < -0.39 is 0 Å². The van der Waals surface area contributed by atoms with Crippen LogP contribution < -0.4 is 5.32 Å². The molecule has 1 aliphatic carbocycles. The highest BCUT2D eigenvalue weighted by atomic mass is 79.9. The van der Waals surface area contributed by atoms with Crippen LogP contribution in [0.25, 0.3) is 0 Å². The summed E-state index contributed by atoms with van der Waals surface area (Å²) < 4.78 is 0.991. The number of amides is 1.